The largest absolute Gasteiger partial charge is 0.343 e. The van der Waals surface area contributed by atoms with Gasteiger partial charge in [-0.05, 0) is 36.2 Å². The highest BCUT2D eigenvalue weighted by Gasteiger charge is 2.17. The van der Waals surface area contributed by atoms with Crippen molar-refractivity contribution in [2.45, 2.75) is 32.4 Å². The lowest BCUT2D eigenvalue weighted by Gasteiger charge is -2.20. The first kappa shape index (κ1) is 19.4. The fourth-order valence-electron chi connectivity index (χ4n) is 2.95. The first-order chi connectivity index (χ1) is 13.7. The van der Waals surface area contributed by atoms with Gasteiger partial charge in [0.25, 0.3) is 5.91 Å². The lowest BCUT2D eigenvalue weighted by molar-refractivity contribution is -0.116. The molecule has 0 saturated heterocycles. The van der Waals surface area contributed by atoms with Crippen LogP contribution in [0.3, 0.4) is 0 Å². The lowest BCUT2D eigenvalue weighted by atomic mass is 10.1. The molecule has 2 amide bonds. The lowest BCUT2D eigenvalue weighted by Crippen LogP contribution is -2.31. The number of carbonyl (C=O) groups excluding carboxylic acids is 2. The fourth-order valence-corrected chi connectivity index (χ4v) is 2.95. The molecular weight excluding hydrogens is 352 g/mol. The maximum atomic E-state index is 12.9. The number of hydrogen-bond donors (Lipinski definition) is 2. The van der Waals surface area contributed by atoms with Gasteiger partial charge in [-0.25, -0.2) is 0 Å². The van der Waals surface area contributed by atoms with E-state index in [1.807, 2.05) is 49.5 Å². The van der Waals surface area contributed by atoms with Gasteiger partial charge in [-0.2, -0.15) is 5.10 Å². The molecule has 0 spiro atoms. The second-order valence-electron chi connectivity index (χ2n) is 6.54. The first-order valence-corrected chi connectivity index (χ1v) is 9.39. The monoisotopic (exact) mass is 376 g/mol. The third-order valence-corrected chi connectivity index (χ3v) is 4.32. The Balaban J connectivity index is 1.75. The SMILES string of the molecule is CCCC(=O)Nc1cccc(C(=O)N[C@H](Cn2cccn2)c2ccccc2)c1. The quantitative estimate of drug-likeness (QED) is 0.628. The second kappa shape index (κ2) is 9.50. The molecule has 1 atom stereocenters. The Kier molecular flexibility index (Phi) is 6.57. The molecule has 0 radical (unpaired) electrons. The molecule has 0 bridgehead atoms. The molecular formula is C22H24N4O2. The minimum absolute atomic E-state index is 0.0547. The number of aromatic nitrogens is 2. The van der Waals surface area contributed by atoms with Crippen LogP contribution in [0.25, 0.3) is 0 Å². The molecule has 0 saturated carbocycles. The van der Waals surface area contributed by atoms with Gasteiger partial charge in [-0.3, -0.25) is 14.3 Å². The van der Waals surface area contributed by atoms with E-state index in [1.54, 1.807) is 35.1 Å². The molecule has 2 aromatic carbocycles. The van der Waals surface area contributed by atoms with Crippen molar-refractivity contribution in [3.05, 3.63) is 84.2 Å². The van der Waals surface area contributed by atoms with E-state index in [9.17, 15) is 9.59 Å². The van der Waals surface area contributed by atoms with Crippen molar-refractivity contribution in [3.63, 3.8) is 0 Å². The van der Waals surface area contributed by atoms with Crippen molar-refractivity contribution in [3.8, 4) is 0 Å². The highest BCUT2D eigenvalue weighted by Crippen LogP contribution is 2.17. The summed E-state index contributed by atoms with van der Waals surface area (Å²) >= 11 is 0. The van der Waals surface area contributed by atoms with Gasteiger partial charge in [0.2, 0.25) is 5.91 Å². The third-order valence-electron chi connectivity index (χ3n) is 4.32. The summed E-state index contributed by atoms with van der Waals surface area (Å²) in [6.07, 6.45) is 4.81. The zero-order chi connectivity index (χ0) is 19.8. The summed E-state index contributed by atoms with van der Waals surface area (Å²) in [6.45, 7) is 2.47. The van der Waals surface area contributed by atoms with Crippen LogP contribution in [-0.4, -0.2) is 21.6 Å². The van der Waals surface area contributed by atoms with Gasteiger partial charge in [0.1, 0.15) is 0 Å². The fraction of sp³-hybridized carbons (Fsp3) is 0.227. The number of nitrogens with zero attached hydrogens (tertiary/aromatic N) is 2. The Morgan fingerprint density at radius 3 is 2.61 bits per heavy atom. The summed E-state index contributed by atoms with van der Waals surface area (Å²) in [6, 6.07) is 18.4. The summed E-state index contributed by atoms with van der Waals surface area (Å²) in [5.41, 5.74) is 2.11. The van der Waals surface area contributed by atoms with Crippen molar-refractivity contribution in [1.29, 1.82) is 0 Å². The Labute approximate surface area is 164 Å². The Bertz CT molecular complexity index is 907. The van der Waals surface area contributed by atoms with Gasteiger partial charge >= 0.3 is 0 Å². The van der Waals surface area contributed by atoms with E-state index in [0.717, 1.165) is 12.0 Å². The molecule has 28 heavy (non-hydrogen) atoms. The molecule has 2 N–H and O–H groups in total. The Hall–Kier alpha value is -3.41. The van der Waals surface area contributed by atoms with Crippen molar-refractivity contribution >= 4 is 17.5 Å². The molecule has 1 aromatic heterocycles. The molecule has 6 heteroatoms. The molecule has 144 valence electrons. The average Bonchev–Trinajstić information content (AvgIpc) is 3.21. The highest BCUT2D eigenvalue weighted by molar-refractivity contribution is 5.97. The summed E-state index contributed by atoms with van der Waals surface area (Å²) in [4.78, 5) is 24.7. The molecule has 0 unspecified atom stereocenters. The van der Waals surface area contributed by atoms with E-state index in [1.165, 1.54) is 0 Å². The minimum atomic E-state index is -0.230. The number of anilines is 1. The van der Waals surface area contributed by atoms with E-state index >= 15 is 0 Å². The molecule has 0 fully saturated rings. The van der Waals surface area contributed by atoms with Crippen LogP contribution in [0.2, 0.25) is 0 Å². The van der Waals surface area contributed by atoms with Gasteiger partial charge in [0, 0.05) is 30.1 Å². The van der Waals surface area contributed by atoms with Crippen LogP contribution in [0.1, 0.15) is 41.7 Å². The van der Waals surface area contributed by atoms with Crippen LogP contribution in [0.5, 0.6) is 0 Å². The Morgan fingerprint density at radius 2 is 1.89 bits per heavy atom. The molecule has 0 aliphatic heterocycles. The van der Waals surface area contributed by atoms with E-state index in [2.05, 4.69) is 15.7 Å². The second-order valence-corrected chi connectivity index (χ2v) is 6.54. The van der Waals surface area contributed by atoms with Crippen LogP contribution >= 0.6 is 0 Å². The predicted octanol–water partition coefficient (Wildman–Crippen LogP) is 3.79. The molecule has 6 nitrogen and oxygen atoms in total. The molecule has 3 rings (SSSR count). The summed E-state index contributed by atoms with van der Waals surface area (Å²) in [7, 11) is 0. The zero-order valence-electron chi connectivity index (χ0n) is 15.8. The summed E-state index contributed by atoms with van der Waals surface area (Å²) < 4.78 is 1.79. The highest BCUT2D eigenvalue weighted by atomic mass is 16.2. The zero-order valence-corrected chi connectivity index (χ0v) is 15.8. The smallest absolute Gasteiger partial charge is 0.251 e. The number of rotatable bonds is 8. The standard InChI is InChI=1S/C22H24N4O2/c1-2-8-21(27)24-19-12-6-11-18(15-19)22(28)25-20(16-26-14-7-13-23-26)17-9-4-3-5-10-17/h3-7,9-15,20H,2,8,16H2,1H3,(H,24,27)(H,25,28)/t20-/m1/s1. The van der Waals surface area contributed by atoms with Crippen LogP contribution in [0.4, 0.5) is 5.69 Å². The molecule has 3 aromatic rings. The number of nitrogens with one attached hydrogen (secondary N) is 2. The van der Waals surface area contributed by atoms with Crippen molar-refractivity contribution in [1.82, 2.24) is 15.1 Å². The van der Waals surface area contributed by atoms with Gasteiger partial charge in [0.15, 0.2) is 0 Å². The van der Waals surface area contributed by atoms with Gasteiger partial charge in [-0.1, -0.05) is 43.3 Å². The van der Waals surface area contributed by atoms with Crippen LogP contribution in [0.15, 0.2) is 73.1 Å². The maximum Gasteiger partial charge on any atom is 0.251 e. The third kappa shape index (κ3) is 5.30. The van der Waals surface area contributed by atoms with Crippen LogP contribution < -0.4 is 10.6 Å². The van der Waals surface area contributed by atoms with Crippen molar-refractivity contribution in [2.75, 3.05) is 5.32 Å². The van der Waals surface area contributed by atoms with E-state index < -0.39 is 0 Å². The number of amides is 2. The molecule has 1 heterocycles. The topological polar surface area (TPSA) is 76.0 Å². The van der Waals surface area contributed by atoms with Crippen molar-refractivity contribution < 1.29 is 9.59 Å². The van der Waals surface area contributed by atoms with Crippen LogP contribution in [-0.2, 0) is 11.3 Å². The number of benzene rings is 2. The van der Waals surface area contributed by atoms with Gasteiger partial charge < -0.3 is 10.6 Å². The summed E-state index contributed by atoms with van der Waals surface area (Å²) in [5.74, 6) is -0.256. The van der Waals surface area contributed by atoms with Crippen LogP contribution in [0, 0.1) is 0 Å². The van der Waals surface area contributed by atoms with Gasteiger partial charge in [-0.15, -0.1) is 0 Å². The number of carbonyl (C=O) groups is 2. The normalized spacial score (nSPS) is 11.6. The Morgan fingerprint density at radius 1 is 1.07 bits per heavy atom. The first-order valence-electron chi connectivity index (χ1n) is 9.39. The summed E-state index contributed by atoms with van der Waals surface area (Å²) in [5, 5.41) is 10.2. The van der Waals surface area contributed by atoms with E-state index in [0.29, 0.717) is 24.2 Å². The molecule has 0 aliphatic carbocycles. The van der Waals surface area contributed by atoms with E-state index in [-0.39, 0.29) is 17.9 Å². The van der Waals surface area contributed by atoms with Crippen molar-refractivity contribution in [2.24, 2.45) is 0 Å². The minimum Gasteiger partial charge on any atom is -0.343 e. The van der Waals surface area contributed by atoms with E-state index in [4.69, 9.17) is 0 Å². The molecule has 0 aliphatic rings. The average molecular weight is 376 g/mol. The predicted molar refractivity (Wildman–Crippen MR) is 109 cm³/mol. The number of hydrogen-bond acceptors (Lipinski definition) is 3. The maximum absolute atomic E-state index is 12.9. The van der Waals surface area contributed by atoms with Gasteiger partial charge in [0.05, 0.1) is 12.6 Å².